The van der Waals surface area contributed by atoms with E-state index in [-0.39, 0.29) is 5.91 Å². The van der Waals surface area contributed by atoms with Gasteiger partial charge in [-0.3, -0.25) is 4.79 Å². The van der Waals surface area contributed by atoms with E-state index in [0.29, 0.717) is 16.0 Å². The highest BCUT2D eigenvalue weighted by atomic mass is 35.5. The van der Waals surface area contributed by atoms with Gasteiger partial charge in [-0.05, 0) is 74.8 Å². The second-order valence-corrected chi connectivity index (χ2v) is 8.82. The Hall–Kier alpha value is -1.48. The monoisotopic (exact) mass is 372 g/mol. The van der Waals surface area contributed by atoms with Gasteiger partial charge in [0.1, 0.15) is 0 Å². The van der Waals surface area contributed by atoms with Crippen LogP contribution in [0.3, 0.4) is 0 Å². The van der Waals surface area contributed by atoms with E-state index in [2.05, 4.69) is 10.3 Å². The van der Waals surface area contributed by atoms with E-state index >= 15 is 0 Å². The third-order valence-electron chi connectivity index (χ3n) is 6.82. The maximum absolute atomic E-state index is 12.5. The van der Waals surface area contributed by atoms with Crippen molar-refractivity contribution in [2.45, 2.75) is 64.2 Å². The minimum atomic E-state index is -0.0338. The molecule has 2 bridgehead atoms. The number of nitrogens with one attached hydrogen (secondary N) is 2. The van der Waals surface area contributed by atoms with E-state index in [0.717, 1.165) is 29.8 Å². The molecule has 3 saturated carbocycles. The van der Waals surface area contributed by atoms with Gasteiger partial charge in [0, 0.05) is 23.6 Å². The lowest BCUT2D eigenvalue weighted by atomic mass is 9.59. The van der Waals surface area contributed by atoms with E-state index in [1.807, 2.05) is 18.2 Å². The van der Waals surface area contributed by atoms with Crippen LogP contribution in [0.4, 0.5) is 0 Å². The number of H-pyrrole nitrogens is 1. The highest BCUT2D eigenvalue weighted by Gasteiger charge is 2.39. The van der Waals surface area contributed by atoms with Crippen molar-refractivity contribution in [2.24, 2.45) is 11.3 Å². The summed E-state index contributed by atoms with van der Waals surface area (Å²) in [4.78, 5) is 15.6. The third kappa shape index (κ3) is 3.64. The summed E-state index contributed by atoms with van der Waals surface area (Å²) in [5.41, 5.74) is 2.23. The molecule has 0 radical (unpaired) electrons. The smallest absolute Gasteiger partial charge is 0.253 e. The van der Waals surface area contributed by atoms with Crippen LogP contribution in [0, 0.1) is 11.3 Å². The molecular formula is C22H29ClN2O. The largest absolute Gasteiger partial charge is 0.360 e. The highest BCUT2D eigenvalue weighted by molar-refractivity contribution is 6.36. The molecule has 0 spiro atoms. The normalized spacial score (nSPS) is 24.9. The first-order chi connectivity index (χ1) is 12.7. The molecule has 0 saturated heterocycles. The molecule has 0 atom stereocenters. The fourth-order valence-electron chi connectivity index (χ4n) is 5.13. The quantitative estimate of drug-likeness (QED) is 0.568. The van der Waals surface area contributed by atoms with Crippen LogP contribution in [-0.4, -0.2) is 17.4 Å². The summed E-state index contributed by atoms with van der Waals surface area (Å²) in [6, 6.07) is 5.66. The molecule has 0 unspecified atom stereocenters. The second-order valence-electron chi connectivity index (χ2n) is 8.41. The predicted molar refractivity (Wildman–Crippen MR) is 108 cm³/mol. The molecule has 26 heavy (non-hydrogen) atoms. The number of carbonyl (C=O) groups is 1. The molecule has 140 valence electrons. The number of unbranched alkanes of at least 4 members (excludes halogenated alkanes) is 2. The molecular weight excluding hydrogens is 344 g/mol. The number of amides is 1. The summed E-state index contributed by atoms with van der Waals surface area (Å²) < 4.78 is 0. The molecule has 0 aliphatic heterocycles. The summed E-state index contributed by atoms with van der Waals surface area (Å²) in [5.74, 6) is 1.01. The third-order valence-corrected chi connectivity index (χ3v) is 7.13. The number of rotatable bonds is 7. The van der Waals surface area contributed by atoms with Crippen LogP contribution in [0.25, 0.3) is 10.9 Å². The van der Waals surface area contributed by atoms with Crippen LogP contribution in [-0.2, 0) is 0 Å². The Labute approximate surface area is 160 Å². The van der Waals surface area contributed by atoms with Crippen LogP contribution >= 0.6 is 11.6 Å². The molecule has 3 aliphatic rings. The van der Waals surface area contributed by atoms with Crippen LogP contribution in [0.5, 0.6) is 0 Å². The van der Waals surface area contributed by atoms with Crippen molar-refractivity contribution < 1.29 is 4.79 Å². The van der Waals surface area contributed by atoms with E-state index in [1.54, 1.807) is 6.20 Å². The first-order valence-electron chi connectivity index (χ1n) is 10.2. The number of fused-ring (bicyclic) bond motifs is 4. The minimum absolute atomic E-state index is 0.0338. The Morgan fingerprint density at radius 2 is 1.92 bits per heavy atom. The van der Waals surface area contributed by atoms with E-state index in [9.17, 15) is 4.79 Å². The Bertz CT molecular complexity index is 760. The van der Waals surface area contributed by atoms with Crippen molar-refractivity contribution in [2.75, 3.05) is 6.54 Å². The maximum Gasteiger partial charge on any atom is 0.253 e. The van der Waals surface area contributed by atoms with Gasteiger partial charge in [-0.2, -0.15) is 0 Å². The van der Waals surface area contributed by atoms with Gasteiger partial charge in [0.25, 0.3) is 5.91 Å². The average molecular weight is 373 g/mol. The molecule has 2 N–H and O–H groups in total. The number of aromatic amines is 1. The fraction of sp³-hybridized carbons (Fsp3) is 0.591. The Kier molecular flexibility index (Phi) is 5.26. The van der Waals surface area contributed by atoms with Crippen LogP contribution in [0.1, 0.15) is 74.6 Å². The van der Waals surface area contributed by atoms with Crippen molar-refractivity contribution in [1.82, 2.24) is 10.3 Å². The van der Waals surface area contributed by atoms with Gasteiger partial charge in [0.15, 0.2) is 0 Å². The second kappa shape index (κ2) is 7.64. The number of hydrogen-bond acceptors (Lipinski definition) is 1. The Balaban J connectivity index is 1.20. The number of carbonyl (C=O) groups excluding carboxylic acids is 1. The van der Waals surface area contributed by atoms with Crippen molar-refractivity contribution in [3.8, 4) is 0 Å². The zero-order chi connectivity index (χ0) is 18.0. The van der Waals surface area contributed by atoms with Crippen LogP contribution in [0.2, 0.25) is 5.02 Å². The van der Waals surface area contributed by atoms with Gasteiger partial charge < -0.3 is 10.3 Å². The van der Waals surface area contributed by atoms with Gasteiger partial charge in [-0.25, -0.2) is 0 Å². The summed E-state index contributed by atoms with van der Waals surface area (Å²) in [6.45, 7) is 0.741. The minimum Gasteiger partial charge on any atom is -0.360 e. The van der Waals surface area contributed by atoms with Crippen molar-refractivity contribution in [3.05, 3.63) is 35.0 Å². The van der Waals surface area contributed by atoms with Gasteiger partial charge in [0.05, 0.1) is 10.6 Å². The van der Waals surface area contributed by atoms with E-state index in [1.165, 1.54) is 57.8 Å². The summed E-state index contributed by atoms with van der Waals surface area (Å²) >= 11 is 6.25. The van der Waals surface area contributed by atoms with Crippen molar-refractivity contribution >= 4 is 28.4 Å². The van der Waals surface area contributed by atoms with Crippen LogP contribution in [0.15, 0.2) is 24.4 Å². The number of benzene rings is 1. The van der Waals surface area contributed by atoms with Gasteiger partial charge in [0.2, 0.25) is 0 Å². The molecule has 1 amide bonds. The molecule has 3 aliphatic carbocycles. The fourth-order valence-corrected chi connectivity index (χ4v) is 5.41. The first-order valence-corrected chi connectivity index (χ1v) is 10.6. The molecule has 1 aromatic carbocycles. The van der Waals surface area contributed by atoms with E-state index < -0.39 is 0 Å². The molecule has 4 heteroatoms. The number of hydrogen-bond donors (Lipinski definition) is 2. The average Bonchev–Trinajstić information content (AvgIpc) is 3.11. The predicted octanol–water partition coefficient (Wildman–Crippen LogP) is 6.08. The molecule has 3 nitrogen and oxygen atoms in total. The maximum atomic E-state index is 12.5. The zero-order valence-electron chi connectivity index (χ0n) is 15.5. The topological polar surface area (TPSA) is 44.9 Å². The van der Waals surface area contributed by atoms with E-state index in [4.69, 9.17) is 11.6 Å². The van der Waals surface area contributed by atoms with Gasteiger partial charge >= 0.3 is 0 Å². The molecule has 1 heterocycles. The summed E-state index contributed by atoms with van der Waals surface area (Å²) in [7, 11) is 0. The number of halogens is 1. The lowest BCUT2D eigenvalue weighted by Crippen LogP contribution is -2.33. The summed E-state index contributed by atoms with van der Waals surface area (Å²) in [6.07, 6.45) is 15.5. The Morgan fingerprint density at radius 1 is 1.15 bits per heavy atom. The lowest BCUT2D eigenvalue weighted by molar-refractivity contribution is 0.0540. The number of aromatic nitrogens is 1. The highest BCUT2D eigenvalue weighted by Crippen LogP contribution is 2.52. The SMILES string of the molecule is O=C(NCCCCCC12CCC(CC1)CC2)c1c[nH]c2cccc(Cl)c12. The van der Waals surface area contributed by atoms with Crippen LogP contribution < -0.4 is 5.32 Å². The lowest BCUT2D eigenvalue weighted by Gasteiger charge is -2.47. The standard InChI is InChI=1S/C22H29ClN2O/c23-18-5-4-6-19-20(18)17(15-25-19)21(26)24-14-3-1-2-10-22-11-7-16(8-12-22)9-13-22/h4-6,15-16,25H,1-3,7-14H2,(H,24,26). The van der Waals surface area contributed by atoms with Gasteiger partial charge in [-0.15, -0.1) is 0 Å². The summed E-state index contributed by atoms with van der Waals surface area (Å²) in [5, 5.41) is 4.50. The molecule has 5 rings (SSSR count). The van der Waals surface area contributed by atoms with Crippen molar-refractivity contribution in [3.63, 3.8) is 0 Å². The molecule has 2 aromatic rings. The van der Waals surface area contributed by atoms with Crippen molar-refractivity contribution in [1.29, 1.82) is 0 Å². The molecule has 1 aromatic heterocycles. The first kappa shape index (κ1) is 17.9. The Morgan fingerprint density at radius 3 is 2.69 bits per heavy atom. The molecule has 3 fully saturated rings. The zero-order valence-corrected chi connectivity index (χ0v) is 16.2. The van der Waals surface area contributed by atoms with Gasteiger partial charge in [-0.1, -0.05) is 30.5 Å².